The highest BCUT2D eigenvalue weighted by Gasteiger charge is 2.30. The monoisotopic (exact) mass is 542 g/mol. The number of rotatable bonds is 7. The molecule has 0 aliphatic carbocycles. The van der Waals surface area contributed by atoms with Crippen molar-refractivity contribution >= 4 is 63.8 Å². The van der Waals surface area contributed by atoms with Gasteiger partial charge in [0.1, 0.15) is 6.61 Å². The van der Waals surface area contributed by atoms with E-state index >= 15 is 0 Å². The molecular formula is C26H20Cl2N2O5S. The van der Waals surface area contributed by atoms with Crippen molar-refractivity contribution in [3.8, 4) is 11.5 Å². The van der Waals surface area contributed by atoms with Gasteiger partial charge in [0.15, 0.2) is 16.7 Å². The maximum atomic E-state index is 12.8. The van der Waals surface area contributed by atoms with Crippen molar-refractivity contribution < 1.29 is 24.2 Å². The lowest BCUT2D eigenvalue weighted by atomic mass is 10.2. The number of amides is 1. The minimum Gasteiger partial charge on any atom is -0.493 e. The number of carbonyl (C=O) groups is 2. The van der Waals surface area contributed by atoms with E-state index in [1.165, 1.54) is 35.9 Å². The molecule has 1 heterocycles. The minimum atomic E-state index is -1.04. The summed E-state index contributed by atoms with van der Waals surface area (Å²) < 4.78 is 11.4. The molecule has 10 heteroatoms. The maximum absolute atomic E-state index is 12.8. The Morgan fingerprint density at radius 2 is 1.92 bits per heavy atom. The van der Waals surface area contributed by atoms with Crippen LogP contribution in [0.5, 0.6) is 11.5 Å². The highest BCUT2D eigenvalue weighted by Crippen LogP contribution is 2.35. The normalized spacial score (nSPS) is 15.6. The van der Waals surface area contributed by atoms with E-state index in [1.807, 2.05) is 6.07 Å². The molecule has 4 rings (SSSR count). The third kappa shape index (κ3) is 5.84. The number of hydrogen-bond donors (Lipinski definition) is 1. The molecule has 184 valence electrons. The van der Waals surface area contributed by atoms with Crippen LogP contribution in [0.25, 0.3) is 6.08 Å². The largest absolute Gasteiger partial charge is 0.493 e. The molecule has 0 spiro atoms. The van der Waals surface area contributed by atoms with Crippen LogP contribution in [0.15, 0.2) is 70.6 Å². The number of methoxy groups -OCH3 is 1. The van der Waals surface area contributed by atoms with Gasteiger partial charge in [-0.15, -0.1) is 0 Å². The van der Waals surface area contributed by atoms with Crippen molar-refractivity contribution in [1.29, 1.82) is 0 Å². The van der Waals surface area contributed by atoms with Crippen LogP contribution in [0.3, 0.4) is 0 Å². The van der Waals surface area contributed by atoms with Gasteiger partial charge in [-0.25, -0.2) is 9.79 Å². The smallest absolute Gasteiger partial charge is 0.335 e. The number of amidine groups is 1. The van der Waals surface area contributed by atoms with Gasteiger partial charge in [-0.05, 0) is 65.9 Å². The van der Waals surface area contributed by atoms with Crippen molar-refractivity contribution in [2.24, 2.45) is 4.99 Å². The van der Waals surface area contributed by atoms with Crippen LogP contribution in [-0.4, -0.2) is 41.2 Å². The Bertz CT molecular complexity index is 1410. The summed E-state index contributed by atoms with van der Waals surface area (Å²) in [6, 6.07) is 16.8. The van der Waals surface area contributed by atoms with Gasteiger partial charge in [0.25, 0.3) is 5.91 Å². The fraction of sp³-hybridized carbons (Fsp3) is 0.115. The molecule has 0 bridgehead atoms. The van der Waals surface area contributed by atoms with Crippen LogP contribution >= 0.6 is 35.0 Å². The van der Waals surface area contributed by atoms with Gasteiger partial charge in [-0.2, -0.15) is 0 Å². The van der Waals surface area contributed by atoms with Gasteiger partial charge in [0, 0.05) is 22.7 Å². The first-order valence-corrected chi connectivity index (χ1v) is 12.2. The number of carbonyl (C=O) groups excluding carboxylic acids is 1. The minimum absolute atomic E-state index is 0.123. The van der Waals surface area contributed by atoms with Gasteiger partial charge in [0.05, 0.1) is 23.3 Å². The Morgan fingerprint density at radius 1 is 1.11 bits per heavy atom. The summed E-state index contributed by atoms with van der Waals surface area (Å²) in [5, 5.41) is 10.7. The standard InChI is InChI=1S/C26H20Cl2N2O5S/c1-30-24(31)23(36-26(30)29-19-5-3-4-16(12-19)25(32)33)11-15-6-9-21(22(10-15)34-2)35-14-17-7-8-18(27)13-20(17)28/h3-13H,14H2,1-2H3,(H,32,33)/b23-11-,29-26?. The first-order chi connectivity index (χ1) is 17.2. The summed E-state index contributed by atoms with van der Waals surface area (Å²) in [6.07, 6.45) is 1.74. The van der Waals surface area contributed by atoms with E-state index < -0.39 is 5.97 Å². The topological polar surface area (TPSA) is 88.4 Å². The summed E-state index contributed by atoms with van der Waals surface area (Å²) in [4.78, 5) is 30.4. The van der Waals surface area contributed by atoms with Crippen molar-refractivity contribution in [3.05, 3.63) is 92.3 Å². The molecule has 3 aromatic carbocycles. The summed E-state index contributed by atoms with van der Waals surface area (Å²) >= 11 is 13.4. The molecule has 3 aromatic rings. The summed E-state index contributed by atoms with van der Waals surface area (Å²) in [5.74, 6) is -0.241. The lowest BCUT2D eigenvalue weighted by Gasteiger charge is -2.12. The average Bonchev–Trinajstić information content (AvgIpc) is 3.11. The number of carboxylic acid groups (broad SMARTS) is 1. The second kappa shape index (κ2) is 11.1. The van der Waals surface area contributed by atoms with E-state index in [0.29, 0.717) is 37.3 Å². The Morgan fingerprint density at radius 3 is 2.64 bits per heavy atom. The number of ether oxygens (including phenoxy) is 2. The molecule has 1 fully saturated rings. The Hall–Kier alpha value is -3.46. The first kappa shape index (κ1) is 25.6. The zero-order valence-corrected chi connectivity index (χ0v) is 21.5. The highest BCUT2D eigenvalue weighted by atomic mass is 35.5. The van der Waals surface area contributed by atoms with Gasteiger partial charge in [-0.3, -0.25) is 9.69 Å². The van der Waals surface area contributed by atoms with E-state index in [1.54, 1.807) is 55.6 Å². The fourth-order valence-electron chi connectivity index (χ4n) is 3.31. The summed E-state index contributed by atoms with van der Waals surface area (Å²) in [7, 11) is 3.16. The lowest BCUT2D eigenvalue weighted by Crippen LogP contribution is -2.23. The number of nitrogens with zero attached hydrogens (tertiary/aromatic N) is 2. The third-order valence-electron chi connectivity index (χ3n) is 5.21. The van der Waals surface area contributed by atoms with Crippen LogP contribution in [0.4, 0.5) is 5.69 Å². The Balaban J connectivity index is 1.53. The molecule has 0 radical (unpaired) electrons. The van der Waals surface area contributed by atoms with Crippen LogP contribution in [0, 0.1) is 0 Å². The SMILES string of the molecule is COc1cc(/C=C2\SC(=Nc3cccc(C(=O)O)c3)N(C)C2=O)ccc1OCc1ccc(Cl)cc1Cl. The molecule has 1 saturated heterocycles. The fourth-order valence-corrected chi connectivity index (χ4v) is 4.76. The molecular weight excluding hydrogens is 523 g/mol. The number of carboxylic acids is 1. The van der Waals surface area contributed by atoms with E-state index in [4.69, 9.17) is 32.7 Å². The second-order valence-electron chi connectivity index (χ2n) is 7.66. The molecule has 1 aliphatic rings. The predicted molar refractivity (Wildman–Crippen MR) is 143 cm³/mol. The average molecular weight is 543 g/mol. The molecule has 1 aliphatic heterocycles. The summed E-state index contributed by atoms with van der Waals surface area (Å²) in [6.45, 7) is 0.231. The van der Waals surface area contributed by atoms with Gasteiger partial charge >= 0.3 is 5.97 Å². The highest BCUT2D eigenvalue weighted by molar-refractivity contribution is 8.18. The molecule has 0 atom stereocenters. The summed E-state index contributed by atoms with van der Waals surface area (Å²) in [5.41, 5.74) is 2.09. The Labute approximate surface area is 221 Å². The van der Waals surface area contributed by atoms with Gasteiger partial charge in [0.2, 0.25) is 0 Å². The van der Waals surface area contributed by atoms with E-state index in [2.05, 4.69) is 4.99 Å². The molecule has 7 nitrogen and oxygen atoms in total. The van der Waals surface area contributed by atoms with Gasteiger partial charge in [-0.1, -0.05) is 41.4 Å². The van der Waals surface area contributed by atoms with Crippen molar-refractivity contribution in [2.75, 3.05) is 14.2 Å². The molecule has 1 amide bonds. The molecule has 0 unspecified atom stereocenters. The van der Waals surface area contributed by atoms with Crippen molar-refractivity contribution in [3.63, 3.8) is 0 Å². The van der Waals surface area contributed by atoms with Gasteiger partial charge < -0.3 is 14.6 Å². The number of aromatic carboxylic acids is 1. The Kier molecular flexibility index (Phi) is 7.88. The van der Waals surface area contributed by atoms with Crippen molar-refractivity contribution in [2.45, 2.75) is 6.61 Å². The molecule has 36 heavy (non-hydrogen) atoms. The third-order valence-corrected chi connectivity index (χ3v) is 6.85. The lowest BCUT2D eigenvalue weighted by molar-refractivity contribution is -0.121. The molecule has 0 aromatic heterocycles. The van der Waals surface area contributed by atoms with E-state index in [-0.39, 0.29) is 18.1 Å². The first-order valence-electron chi connectivity index (χ1n) is 10.6. The van der Waals surface area contributed by atoms with E-state index in [0.717, 1.165) is 11.1 Å². The number of halogens is 2. The quantitative estimate of drug-likeness (QED) is 0.342. The zero-order chi connectivity index (χ0) is 25.8. The second-order valence-corrected chi connectivity index (χ2v) is 9.51. The number of likely N-dealkylation sites (N-methyl/N-ethyl adjacent to an activating group) is 1. The number of aliphatic imine (C=N–C) groups is 1. The van der Waals surface area contributed by atoms with Crippen molar-refractivity contribution in [1.82, 2.24) is 4.90 Å². The maximum Gasteiger partial charge on any atom is 0.335 e. The number of benzene rings is 3. The van der Waals surface area contributed by atoms with Crippen LogP contribution in [0.1, 0.15) is 21.5 Å². The predicted octanol–water partition coefficient (Wildman–Crippen LogP) is 6.51. The van der Waals surface area contributed by atoms with Crippen LogP contribution in [-0.2, 0) is 11.4 Å². The molecule has 1 N–H and O–H groups in total. The number of hydrogen-bond acceptors (Lipinski definition) is 6. The zero-order valence-electron chi connectivity index (χ0n) is 19.2. The van der Waals surface area contributed by atoms with E-state index in [9.17, 15) is 14.7 Å². The van der Waals surface area contributed by atoms with Crippen LogP contribution < -0.4 is 9.47 Å². The number of thioether (sulfide) groups is 1. The molecule has 0 saturated carbocycles. The van der Waals surface area contributed by atoms with Crippen LogP contribution in [0.2, 0.25) is 10.0 Å².